The summed E-state index contributed by atoms with van der Waals surface area (Å²) < 4.78 is 6.04. The molecule has 0 radical (unpaired) electrons. The molecule has 2 rings (SSSR count). The first-order chi connectivity index (χ1) is 14.3. The van der Waals surface area contributed by atoms with Gasteiger partial charge in [0.05, 0.1) is 13.1 Å². The Morgan fingerprint density at radius 2 is 1.93 bits per heavy atom. The van der Waals surface area contributed by atoms with Gasteiger partial charge in [0.2, 0.25) is 5.91 Å². The molecule has 7 heteroatoms. The summed E-state index contributed by atoms with van der Waals surface area (Å²) in [5.74, 6) is 1.83. The highest BCUT2D eigenvalue weighted by atomic mass is 16.5. The van der Waals surface area contributed by atoms with Crippen LogP contribution >= 0.6 is 0 Å². The lowest BCUT2D eigenvalue weighted by molar-refractivity contribution is -0.122. The van der Waals surface area contributed by atoms with E-state index in [0.717, 1.165) is 44.2 Å². The monoisotopic (exact) mass is 417 g/mol. The van der Waals surface area contributed by atoms with Crippen LogP contribution in [0.4, 0.5) is 0 Å². The van der Waals surface area contributed by atoms with Gasteiger partial charge < -0.3 is 20.7 Å². The van der Waals surface area contributed by atoms with Crippen molar-refractivity contribution in [1.82, 2.24) is 20.9 Å². The summed E-state index contributed by atoms with van der Waals surface area (Å²) in [6, 6.07) is 8.58. The molecular formula is C23H39N5O2. The summed E-state index contributed by atoms with van der Waals surface area (Å²) in [6.45, 7) is 12.9. The average molecular weight is 418 g/mol. The number of piperidine rings is 1. The highest BCUT2D eigenvalue weighted by molar-refractivity contribution is 5.80. The zero-order valence-electron chi connectivity index (χ0n) is 19.3. The average Bonchev–Trinajstić information content (AvgIpc) is 2.72. The summed E-state index contributed by atoms with van der Waals surface area (Å²) in [5.41, 5.74) is 1.26. The predicted molar refractivity (Wildman–Crippen MR) is 123 cm³/mol. The van der Waals surface area contributed by atoms with Gasteiger partial charge in [0.15, 0.2) is 5.96 Å². The number of guanidine groups is 1. The number of para-hydroxylation sites is 1. The third kappa shape index (κ3) is 7.86. The second-order valence-electron chi connectivity index (χ2n) is 8.72. The molecule has 1 aliphatic rings. The molecule has 0 unspecified atom stereocenters. The molecule has 1 aromatic rings. The van der Waals surface area contributed by atoms with Crippen LogP contribution in [0.5, 0.6) is 5.75 Å². The van der Waals surface area contributed by atoms with E-state index in [2.05, 4.69) is 65.7 Å². The van der Waals surface area contributed by atoms with E-state index in [-0.39, 0.29) is 11.3 Å². The van der Waals surface area contributed by atoms with Gasteiger partial charge in [-0.25, -0.2) is 4.99 Å². The van der Waals surface area contributed by atoms with Gasteiger partial charge in [0.25, 0.3) is 0 Å². The van der Waals surface area contributed by atoms with Crippen LogP contribution in [0, 0.1) is 0 Å². The van der Waals surface area contributed by atoms with Crippen LogP contribution in [0.3, 0.4) is 0 Å². The summed E-state index contributed by atoms with van der Waals surface area (Å²) in [6.07, 6.45) is 1.99. The summed E-state index contributed by atoms with van der Waals surface area (Å²) in [4.78, 5) is 18.4. The molecule has 1 amide bonds. The molecule has 168 valence electrons. The molecule has 0 atom stereocenters. The Morgan fingerprint density at radius 1 is 1.23 bits per heavy atom. The maximum atomic E-state index is 11.5. The number of nitrogens with one attached hydrogen (secondary N) is 3. The van der Waals surface area contributed by atoms with E-state index in [9.17, 15) is 4.79 Å². The molecule has 0 spiro atoms. The summed E-state index contributed by atoms with van der Waals surface area (Å²) in [5, 5.41) is 9.54. The van der Waals surface area contributed by atoms with Crippen LogP contribution < -0.4 is 20.7 Å². The quantitative estimate of drug-likeness (QED) is 0.343. The van der Waals surface area contributed by atoms with Crippen molar-refractivity contribution in [2.75, 3.05) is 46.4 Å². The van der Waals surface area contributed by atoms with E-state index in [1.54, 1.807) is 7.05 Å². The number of ether oxygens (including phenoxy) is 1. The number of rotatable bonds is 8. The largest absolute Gasteiger partial charge is 0.491 e. The Labute approximate surface area is 181 Å². The molecular weight excluding hydrogens is 378 g/mol. The van der Waals surface area contributed by atoms with Gasteiger partial charge >= 0.3 is 0 Å². The maximum Gasteiger partial charge on any atom is 0.233 e. The Kier molecular flexibility index (Phi) is 9.43. The maximum absolute atomic E-state index is 11.5. The molecule has 0 aliphatic carbocycles. The highest BCUT2D eigenvalue weighted by Crippen LogP contribution is 2.30. The van der Waals surface area contributed by atoms with Crippen molar-refractivity contribution >= 4 is 11.9 Å². The predicted octanol–water partition coefficient (Wildman–Crippen LogP) is 2.13. The van der Waals surface area contributed by atoms with Crippen molar-refractivity contribution in [1.29, 1.82) is 0 Å². The van der Waals surface area contributed by atoms with Crippen molar-refractivity contribution in [2.24, 2.45) is 4.99 Å². The first-order valence-electron chi connectivity index (χ1n) is 11.0. The first-order valence-corrected chi connectivity index (χ1v) is 11.0. The number of likely N-dealkylation sites (N-methyl/N-ethyl adjacent to an activating group) is 1. The molecule has 0 bridgehead atoms. The number of amides is 1. The Bertz CT molecular complexity index is 691. The second-order valence-corrected chi connectivity index (χ2v) is 8.72. The smallest absolute Gasteiger partial charge is 0.233 e. The fourth-order valence-corrected chi connectivity index (χ4v) is 3.56. The molecule has 1 aromatic carbocycles. The van der Waals surface area contributed by atoms with E-state index >= 15 is 0 Å². The Morgan fingerprint density at radius 3 is 2.57 bits per heavy atom. The van der Waals surface area contributed by atoms with Crippen molar-refractivity contribution in [3.05, 3.63) is 29.8 Å². The van der Waals surface area contributed by atoms with Crippen LogP contribution in [0.2, 0.25) is 0 Å². The Balaban J connectivity index is 1.82. The van der Waals surface area contributed by atoms with E-state index in [4.69, 9.17) is 4.74 Å². The fraction of sp³-hybridized carbons (Fsp3) is 0.652. The number of hydrogen-bond donors (Lipinski definition) is 3. The zero-order chi connectivity index (χ0) is 22.0. The van der Waals surface area contributed by atoms with Gasteiger partial charge in [-0.2, -0.15) is 0 Å². The SMILES string of the molecule is CCNC(=NCCOc1ccccc1C(C)(C)C)NC1CCN(CC(=O)NC)CC1. The molecule has 0 aromatic heterocycles. The van der Waals surface area contributed by atoms with Crippen molar-refractivity contribution in [2.45, 2.75) is 52.0 Å². The molecule has 1 fully saturated rings. The zero-order valence-corrected chi connectivity index (χ0v) is 19.3. The van der Waals surface area contributed by atoms with Crippen molar-refractivity contribution in [3.8, 4) is 5.75 Å². The third-order valence-corrected chi connectivity index (χ3v) is 5.23. The minimum absolute atomic E-state index is 0.0447. The lowest BCUT2D eigenvalue weighted by atomic mass is 9.86. The highest BCUT2D eigenvalue weighted by Gasteiger charge is 2.21. The lowest BCUT2D eigenvalue weighted by Crippen LogP contribution is -2.50. The topological polar surface area (TPSA) is 78.0 Å². The number of nitrogens with zero attached hydrogens (tertiary/aromatic N) is 2. The van der Waals surface area contributed by atoms with Crippen LogP contribution in [-0.4, -0.2) is 69.2 Å². The number of hydrogen-bond acceptors (Lipinski definition) is 4. The van der Waals surface area contributed by atoms with Gasteiger partial charge in [0, 0.05) is 32.7 Å². The van der Waals surface area contributed by atoms with E-state index in [1.165, 1.54) is 5.56 Å². The van der Waals surface area contributed by atoms with Crippen LogP contribution in [-0.2, 0) is 10.2 Å². The van der Waals surface area contributed by atoms with Gasteiger partial charge in [0.1, 0.15) is 12.4 Å². The Hall–Kier alpha value is -2.28. The molecule has 3 N–H and O–H groups in total. The van der Waals surface area contributed by atoms with Gasteiger partial charge in [-0.3, -0.25) is 9.69 Å². The van der Waals surface area contributed by atoms with Gasteiger partial charge in [-0.15, -0.1) is 0 Å². The molecule has 0 saturated carbocycles. The van der Waals surface area contributed by atoms with E-state index in [1.807, 2.05) is 12.1 Å². The fourth-order valence-electron chi connectivity index (χ4n) is 3.56. The minimum atomic E-state index is 0.0447. The van der Waals surface area contributed by atoms with Crippen LogP contribution in [0.25, 0.3) is 0 Å². The number of benzene rings is 1. The number of aliphatic imine (C=N–C) groups is 1. The molecule has 30 heavy (non-hydrogen) atoms. The van der Waals surface area contributed by atoms with E-state index in [0.29, 0.717) is 25.7 Å². The molecule has 7 nitrogen and oxygen atoms in total. The summed E-state index contributed by atoms with van der Waals surface area (Å²) >= 11 is 0. The molecule has 1 aliphatic heterocycles. The van der Waals surface area contributed by atoms with E-state index < -0.39 is 0 Å². The minimum Gasteiger partial charge on any atom is -0.491 e. The van der Waals surface area contributed by atoms with Crippen molar-refractivity contribution in [3.63, 3.8) is 0 Å². The number of carbonyl (C=O) groups is 1. The third-order valence-electron chi connectivity index (χ3n) is 5.23. The molecule has 1 saturated heterocycles. The summed E-state index contributed by atoms with van der Waals surface area (Å²) in [7, 11) is 1.68. The second kappa shape index (κ2) is 11.8. The standard InChI is InChI=1S/C23H39N5O2/c1-6-25-22(27-18-11-14-28(15-12-18)17-21(29)24-5)26-13-16-30-20-10-8-7-9-19(20)23(2,3)4/h7-10,18H,6,11-17H2,1-5H3,(H,24,29)(H2,25,26,27). The van der Waals surface area contributed by atoms with Gasteiger partial charge in [-0.05, 0) is 36.8 Å². The van der Waals surface area contributed by atoms with Crippen LogP contribution in [0.1, 0.15) is 46.1 Å². The normalized spacial score (nSPS) is 16.2. The number of carbonyl (C=O) groups excluding carboxylic acids is 1. The van der Waals surface area contributed by atoms with Crippen molar-refractivity contribution < 1.29 is 9.53 Å². The number of likely N-dealkylation sites (tertiary alicyclic amines) is 1. The molecule has 1 heterocycles. The van der Waals surface area contributed by atoms with Crippen LogP contribution in [0.15, 0.2) is 29.3 Å². The first kappa shape index (κ1) is 24.0. The van der Waals surface area contributed by atoms with Gasteiger partial charge in [-0.1, -0.05) is 39.0 Å². The lowest BCUT2D eigenvalue weighted by Gasteiger charge is -2.32.